The van der Waals surface area contributed by atoms with Gasteiger partial charge in [0.25, 0.3) is 0 Å². The van der Waals surface area contributed by atoms with Crippen LogP contribution in [0, 0.1) is 6.92 Å². The van der Waals surface area contributed by atoms with Crippen LogP contribution in [-0.4, -0.2) is 20.8 Å². The van der Waals surface area contributed by atoms with Crippen molar-refractivity contribution in [1.29, 1.82) is 0 Å². The molecule has 0 saturated carbocycles. The molecule has 0 aromatic carbocycles. The van der Waals surface area contributed by atoms with Crippen molar-refractivity contribution in [2.75, 3.05) is 0 Å². The van der Waals surface area contributed by atoms with Crippen LogP contribution < -0.4 is 0 Å². The molecule has 0 bridgehead atoms. The fraction of sp³-hybridized carbons (Fsp3) is 0.300. The molecule has 2 rings (SSSR count). The molecule has 0 atom stereocenters. The van der Waals surface area contributed by atoms with Crippen LogP contribution in [0.5, 0.6) is 0 Å². The molecule has 2 heterocycles. The van der Waals surface area contributed by atoms with Gasteiger partial charge in [-0.3, -0.25) is 9.48 Å². The number of aryl methyl sites for hydroxylation is 2. The zero-order chi connectivity index (χ0) is 10.8. The Morgan fingerprint density at radius 3 is 2.93 bits per heavy atom. The summed E-state index contributed by atoms with van der Waals surface area (Å²) in [6, 6.07) is 1.95. The van der Waals surface area contributed by atoms with Crippen molar-refractivity contribution in [3.63, 3.8) is 0 Å². The first kappa shape index (κ1) is 10.0. The second-order valence-corrected chi connectivity index (χ2v) is 4.33. The van der Waals surface area contributed by atoms with Gasteiger partial charge in [-0.2, -0.15) is 0 Å². The first-order chi connectivity index (χ1) is 7.16. The summed E-state index contributed by atoms with van der Waals surface area (Å²) in [5.41, 5.74) is 1.75. The van der Waals surface area contributed by atoms with E-state index in [1.807, 2.05) is 18.4 Å². The molecular formula is C10H11N3OS. The highest BCUT2D eigenvalue weighted by Gasteiger charge is 2.12. The average molecular weight is 221 g/mol. The maximum atomic E-state index is 11.8. The monoisotopic (exact) mass is 221 g/mol. The van der Waals surface area contributed by atoms with E-state index in [9.17, 15) is 4.79 Å². The molecule has 0 aliphatic heterocycles. The minimum Gasteiger partial charge on any atom is -0.293 e. The van der Waals surface area contributed by atoms with Crippen molar-refractivity contribution < 1.29 is 4.79 Å². The van der Waals surface area contributed by atoms with Crippen LogP contribution in [-0.2, 0) is 13.5 Å². The number of ketones is 1. The molecule has 0 aliphatic carbocycles. The fourth-order valence-electron chi connectivity index (χ4n) is 1.38. The zero-order valence-corrected chi connectivity index (χ0v) is 9.41. The summed E-state index contributed by atoms with van der Waals surface area (Å²) >= 11 is 1.48. The Hall–Kier alpha value is -1.49. The Kier molecular flexibility index (Phi) is 2.64. The lowest BCUT2D eigenvalue weighted by Gasteiger charge is -1.95. The zero-order valence-electron chi connectivity index (χ0n) is 8.60. The molecule has 0 amide bonds. The number of rotatable bonds is 3. The van der Waals surface area contributed by atoms with E-state index in [1.54, 1.807) is 17.9 Å². The van der Waals surface area contributed by atoms with Crippen molar-refractivity contribution in [1.82, 2.24) is 15.0 Å². The van der Waals surface area contributed by atoms with Gasteiger partial charge in [0.15, 0.2) is 5.78 Å². The van der Waals surface area contributed by atoms with Crippen molar-refractivity contribution in [3.05, 3.63) is 33.8 Å². The first-order valence-electron chi connectivity index (χ1n) is 4.59. The standard InChI is InChI=1S/C10H11N3OS/c1-7-3-4-15-10(7)9(14)5-8-6-13(2)12-11-8/h3-4,6H,5H2,1-2H3. The third-order valence-electron chi connectivity index (χ3n) is 2.11. The largest absolute Gasteiger partial charge is 0.293 e. The predicted octanol–water partition coefficient (Wildman–Crippen LogP) is 1.61. The van der Waals surface area contributed by atoms with Gasteiger partial charge in [-0.15, -0.1) is 16.4 Å². The molecule has 2 aromatic heterocycles. The highest BCUT2D eigenvalue weighted by molar-refractivity contribution is 7.12. The van der Waals surface area contributed by atoms with Gasteiger partial charge in [-0.25, -0.2) is 0 Å². The molecule has 2 aromatic rings. The van der Waals surface area contributed by atoms with Gasteiger partial charge in [0.05, 0.1) is 17.0 Å². The lowest BCUT2D eigenvalue weighted by molar-refractivity contribution is 0.0995. The van der Waals surface area contributed by atoms with Crippen LogP contribution in [0.4, 0.5) is 0 Å². The van der Waals surface area contributed by atoms with Crippen LogP contribution in [0.3, 0.4) is 0 Å². The van der Waals surface area contributed by atoms with Crippen LogP contribution >= 0.6 is 11.3 Å². The van der Waals surface area contributed by atoms with Crippen LogP contribution in [0.25, 0.3) is 0 Å². The quantitative estimate of drug-likeness (QED) is 0.740. The summed E-state index contributed by atoms with van der Waals surface area (Å²) in [4.78, 5) is 12.7. The summed E-state index contributed by atoms with van der Waals surface area (Å²) < 4.78 is 1.60. The van der Waals surface area contributed by atoms with E-state index >= 15 is 0 Å². The molecule has 5 heteroatoms. The summed E-state index contributed by atoms with van der Waals surface area (Å²) in [7, 11) is 1.79. The van der Waals surface area contributed by atoms with Crippen molar-refractivity contribution in [2.45, 2.75) is 13.3 Å². The lowest BCUT2D eigenvalue weighted by Crippen LogP contribution is -2.03. The maximum Gasteiger partial charge on any atom is 0.179 e. The second kappa shape index (κ2) is 3.94. The Morgan fingerprint density at radius 2 is 2.40 bits per heavy atom. The summed E-state index contributed by atoms with van der Waals surface area (Å²) in [5, 5.41) is 9.61. The number of nitrogens with zero attached hydrogens (tertiary/aromatic N) is 3. The highest BCUT2D eigenvalue weighted by atomic mass is 32.1. The third kappa shape index (κ3) is 2.12. The first-order valence-corrected chi connectivity index (χ1v) is 5.47. The number of hydrogen-bond acceptors (Lipinski definition) is 4. The maximum absolute atomic E-state index is 11.8. The molecule has 0 saturated heterocycles. The van der Waals surface area contributed by atoms with Gasteiger partial charge in [-0.1, -0.05) is 5.21 Å². The number of Topliss-reactive ketones (excluding diaryl/α,β-unsaturated/α-hetero) is 1. The SMILES string of the molecule is Cc1ccsc1C(=O)Cc1cn(C)nn1. The topological polar surface area (TPSA) is 47.8 Å². The smallest absolute Gasteiger partial charge is 0.179 e. The second-order valence-electron chi connectivity index (χ2n) is 3.42. The van der Waals surface area contributed by atoms with E-state index in [-0.39, 0.29) is 5.78 Å². The average Bonchev–Trinajstić information content (AvgIpc) is 2.75. The normalized spacial score (nSPS) is 10.5. The molecule has 0 unspecified atom stereocenters. The summed E-state index contributed by atoms with van der Waals surface area (Å²) in [6.45, 7) is 1.94. The van der Waals surface area contributed by atoms with Crippen LogP contribution in [0.2, 0.25) is 0 Å². The van der Waals surface area contributed by atoms with E-state index in [1.165, 1.54) is 11.3 Å². The van der Waals surface area contributed by atoms with Gasteiger partial charge in [0.1, 0.15) is 0 Å². The third-order valence-corrected chi connectivity index (χ3v) is 3.16. The lowest BCUT2D eigenvalue weighted by atomic mass is 10.1. The minimum atomic E-state index is 0.114. The van der Waals surface area contributed by atoms with Gasteiger partial charge < -0.3 is 0 Å². The van der Waals surface area contributed by atoms with E-state index in [0.717, 1.165) is 16.1 Å². The Balaban J connectivity index is 2.14. The van der Waals surface area contributed by atoms with Crippen molar-refractivity contribution >= 4 is 17.1 Å². The molecule has 0 spiro atoms. The summed E-state index contributed by atoms with van der Waals surface area (Å²) in [6.07, 6.45) is 2.09. The molecular weight excluding hydrogens is 210 g/mol. The molecule has 15 heavy (non-hydrogen) atoms. The highest BCUT2D eigenvalue weighted by Crippen LogP contribution is 2.17. The Labute approximate surface area is 91.5 Å². The van der Waals surface area contributed by atoms with Gasteiger partial charge in [-0.05, 0) is 23.9 Å². The number of carbonyl (C=O) groups is 1. The molecule has 4 nitrogen and oxygen atoms in total. The minimum absolute atomic E-state index is 0.114. The van der Waals surface area contributed by atoms with E-state index in [2.05, 4.69) is 10.3 Å². The van der Waals surface area contributed by atoms with Crippen molar-refractivity contribution in [2.24, 2.45) is 7.05 Å². The van der Waals surface area contributed by atoms with E-state index in [4.69, 9.17) is 0 Å². The van der Waals surface area contributed by atoms with Crippen LogP contribution in [0.15, 0.2) is 17.6 Å². The molecule has 0 fully saturated rings. The van der Waals surface area contributed by atoms with E-state index in [0.29, 0.717) is 6.42 Å². The fourth-order valence-corrected chi connectivity index (χ4v) is 2.25. The predicted molar refractivity (Wildman–Crippen MR) is 58.1 cm³/mol. The molecule has 0 radical (unpaired) electrons. The molecule has 0 N–H and O–H groups in total. The van der Waals surface area contributed by atoms with Gasteiger partial charge >= 0.3 is 0 Å². The van der Waals surface area contributed by atoms with Gasteiger partial charge in [0.2, 0.25) is 0 Å². The van der Waals surface area contributed by atoms with E-state index < -0.39 is 0 Å². The number of carbonyl (C=O) groups excluding carboxylic acids is 1. The van der Waals surface area contributed by atoms with Crippen LogP contribution in [0.1, 0.15) is 20.9 Å². The Morgan fingerprint density at radius 1 is 1.60 bits per heavy atom. The molecule has 78 valence electrons. The van der Waals surface area contributed by atoms with Crippen molar-refractivity contribution in [3.8, 4) is 0 Å². The Bertz CT molecular complexity index is 486. The number of aromatic nitrogens is 3. The number of thiophene rings is 1. The van der Waals surface area contributed by atoms with Gasteiger partial charge in [0, 0.05) is 13.2 Å². The summed E-state index contributed by atoms with van der Waals surface area (Å²) in [5.74, 6) is 0.114. The molecule has 0 aliphatic rings. The number of hydrogen-bond donors (Lipinski definition) is 0.